The van der Waals surface area contributed by atoms with Crippen molar-refractivity contribution in [2.45, 2.75) is 24.2 Å². The SMILES string of the molecule is COc1cc([C@H]2C3=CC[C@@H]4C(=O)N(c5ccc([N+](=O)[O-])cc5)C(=O)[C@@H]4[C@@H]3C[C@H]3C(=O)C(c4ccccc4)=CC(=O)[C@@]23c2ccccc2)cc(Br)c1O. The number of imide groups is 1. The van der Waals surface area contributed by atoms with Gasteiger partial charge in [-0.2, -0.15) is 0 Å². The van der Waals surface area contributed by atoms with Crippen molar-refractivity contribution in [3.8, 4) is 11.5 Å². The van der Waals surface area contributed by atoms with Gasteiger partial charge in [0.05, 0.1) is 39.4 Å². The average Bonchev–Trinajstić information content (AvgIpc) is 3.42. The number of Topliss-reactive ketones (excluding diaryl/α,β-unsaturated/α-hetero) is 1. The number of ether oxygens (including phenoxy) is 1. The van der Waals surface area contributed by atoms with Crippen LogP contribution in [0, 0.1) is 33.8 Å². The van der Waals surface area contributed by atoms with Crippen molar-refractivity contribution < 1.29 is 33.9 Å². The number of nitro benzene ring substituents is 1. The number of ketones is 2. The number of non-ortho nitro benzene ring substituents is 1. The standard InChI is InChI=1S/C41H31BrN2O8/c1-52-33-19-23(18-32(42)38(33)47)36-27-16-17-28-35(40(49)43(39(28)48)25-12-14-26(15-13-25)44(50)51)30(27)20-31-37(46)29(22-8-4-2-5-9-22)21-34(45)41(31,36)24-10-6-3-7-11-24/h2-16,18-19,21,28,30-31,35-36,47H,17,20H2,1H3/t28-,30+,31-,35-,36-,41-/m0/s1. The summed E-state index contributed by atoms with van der Waals surface area (Å²) in [5.74, 6) is -5.29. The van der Waals surface area contributed by atoms with E-state index >= 15 is 9.59 Å². The Morgan fingerprint density at radius 1 is 0.904 bits per heavy atom. The summed E-state index contributed by atoms with van der Waals surface area (Å²) >= 11 is 3.47. The number of carbonyl (C=O) groups excluding carboxylic acids is 4. The maximum absolute atomic E-state index is 15.2. The number of fused-ring (bicyclic) bond motifs is 4. The largest absolute Gasteiger partial charge is 0.503 e. The quantitative estimate of drug-likeness (QED) is 0.0950. The van der Waals surface area contributed by atoms with Gasteiger partial charge in [-0.05, 0) is 81.7 Å². The van der Waals surface area contributed by atoms with Crippen molar-refractivity contribution >= 4 is 56.3 Å². The van der Waals surface area contributed by atoms with Crippen molar-refractivity contribution in [2.24, 2.45) is 23.7 Å². The minimum Gasteiger partial charge on any atom is -0.503 e. The summed E-state index contributed by atoms with van der Waals surface area (Å²) < 4.78 is 5.89. The highest BCUT2D eigenvalue weighted by atomic mass is 79.9. The normalized spacial score (nSPS) is 26.6. The molecular formula is C41H31BrN2O8. The third kappa shape index (κ3) is 4.82. The van der Waals surface area contributed by atoms with Gasteiger partial charge in [0.25, 0.3) is 5.69 Å². The fourth-order valence-electron chi connectivity index (χ4n) is 9.14. The van der Waals surface area contributed by atoms with Gasteiger partial charge in [0.2, 0.25) is 11.8 Å². The lowest BCUT2D eigenvalue weighted by Crippen LogP contribution is -2.58. The second-order valence-electron chi connectivity index (χ2n) is 13.6. The second-order valence-corrected chi connectivity index (χ2v) is 14.5. The van der Waals surface area contributed by atoms with Crippen LogP contribution >= 0.6 is 15.9 Å². The number of phenols is 1. The molecular weight excluding hydrogens is 728 g/mol. The molecule has 4 aliphatic rings. The molecule has 0 spiro atoms. The molecule has 0 aromatic heterocycles. The summed E-state index contributed by atoms with van der Waals surface area (Å²) in [6.45, 7) is 0. The molecule has 0 unspecified atom stereocenters. The number of nitrogens with zero attached hydrogens (tertiary/aromatic N) is 2. The Bertz CT molecular complexity index is 2250. The van der Waals surface area contributed by atoms with E-state index in [1.165, 1.54) is 37.5 Å². The molecule has 4 aromatic carbocycles. The number of allylic oxidation sites excluding steroid dienone is 4. The van der Waals surface area contributed by atoms with E-state index < -0.39 is 51.7 Å². The molecule has 11 heteroatoms. The Hall–Kier alpha value is -5.68. The van der Waals surface area contributed by atoms with E-state index in [9.17, 15) is 24.8 Å². The Kier molecular flexibility index (Phi) is 8.06. The van der Waals surface area contributed by atoms with Crippen LogP contribution in [0.4, 0.5) is 11.4 Å². The number of halogens is 1. The highest BCUT2D eigenvalue weighted by Crippen LogP contribution is 2.64. The number of rotatable bonds is 6. The van der Waals surface area contributed by atoms with Crippen LogP contribution in [0.15, 0.2) is 119 Å². The summed E-state index contributed by atoms with van der Waals surface area (Å²) in [6.07, 6.45) is 3.73. The van der Waals surface area contributed by atoms with Crippen LogP contribution in [0.25, 0.3) is 5.57 Å². The number of aromatic hydroxyl groups is 1. The van der Waals surface area contributed by atoms with Gasteiger partial charge in [-0.15, -0.1) is 0 Å². The molecule has 0 bridgehead atoms. The van der Waals surface area contributed by atoms with Crippen molar-refractivity contribution in [3.05, 3.63) is 146 Å². The lowest BCUT2D eigenvalue weighted by Gasteiger charge is -2.55. The van der Waals surface area contributed by atoms with E-state index in [1.54, 1.807) is 36.4 Å². The summed E-state index contributed by atoms with van der Waals surface area (Å²) in [5.41, 5.74) is 1.48. The van der Waals surface area contributed by atoms with E-state index in [0.717, 1.165) is 10.5 Å². The Labute approximate surface area is 306 Å². The number of benzene rings is 4. The van der Waals surface area contributed by atoms with Crippen LogP contribution in [0.3, 0.4) is 0 Å². The number of carbonyl (C=O) groups is 4. The van der Waals surface area contributed by atoms with Crippen molar-refractivity contribution in [3.63, 3.8) is 0 Å². The molecule has 10 nitrogen and oxygen atoms in total. The molecule has 4 aromatic rings. The molecule has 3 aliphatic carbocycles. The molecule has 0 radical (unpaired) electrons. The van der Waals surface area contributed by atoms with Crippen molar-refractivity contribution in [1.82, 2.24) is 0 Å². The number of hydrogen-bond acceptors (Lipinski definition) is 8. The number of amides is 2. The summed E-state index contributed by atoms with van der Waals surface area (Å²) in [5, 5.41) is 22.2. The van der Waals surface area contributed by atoms with Crippen LogP contribution in [-0.2, 0) is 24.6 Å². The number of methoxy groups -OCH3 is 1. The first-order valence-electron chi connectivity index (χ1n) is 16.9. The topological polar surface area (TPSA) is 144 Å². The van der Waals surface area contributed by atoms with Gasteiger partial charge in [0, 0.05) is 29.5 Å². The zero-order valence-corrected chi connectivity index (χ0v) is 29.4. The summed E-state index contributed by atoms with van der Waals surface area (Å²) in [6, 6.07) is 26.9. The molecule has 8 rings (SSSR count). The van der Waals surface area contributed by atoms with Gasteiger partial charge < -0.3 is 9.84 Å². The van der Waals surface area contributed by atoms with Gasteiger partial charge in [-0.1, -0.05) is 72.3 Å². The van der Waals surface area contributed by atoms with Crippen LogP contribution in [0.2, 0.25) is 0 Å². The van der Waals surface area contributed by atoms with Crippen LogP contribution in [0.5, 0.6) is 11.5 Å². The molecule has 1 saturated carbocycles. The summed E-state index contributed by atoms with van der Waals surface area (Å²) in [4.78, 5) is 70.7. The molecule has 1 heterocycles. The first-order valence-corrected chi connectivity index (χ1v) is 17.7. The maximum Gasteiger partial charge on any atom is 0.269 e. The highest BCUT2D eigenvalue weighted by Gasteiger charge is 2.66. The molecule has 52 heavy (non-hydrogen) atoms. The van der Waals surface area contributed by atoms with Crippen LogP contribution in [0.1, 0.15) is 35.4 Å². The average molecular weight is 760 g/mol. The maximum atomic E-state index is 15.2. The zero-order valence-electron chi connectivity index (χ0n) is 27.8. The van der Waals surface area contributed by atoms with E-state index in [1.807, 2.05) is 42.5 Å². The molecule has 2 amide bonds. The first-order chi connectivity index (χ1) is 25.1. The molecule has 1 saturated heterocycles. The molecule has 260 valence electrons. The number of nitro groups is 1. The Balaban J connectivity index is 1.35. The lowest BCUT2D eigenvalue weighted by atomic mass is 9.44. The Morgan fingerprint density at radius 3 is 2.23 bits per heavy atom. The molecule has 2 fully saturated rings. The lowest BCUT2D eigenvalue weighted by molar-refractivity contribution is -0.384. The number of hydrogen-bond donors (Lipinski definition) is 1. The zero-order chi connectivity index (χ0) is 36.5. The van der Waals surface area contributed by atoms with Gasteiger partial charge in [-0.25, -0.2) is 0 Å². The molecule has 1 aliphatic heterocycles. The number of anilines is 1. The highest BCUT2D eigenvalue weighted by molar-refractivity contribution is 9.10. The summed E-state index contributed by atoms with van der Waals surface area (Å²) in [7, 11) is 1.43. The van der Waals surface area contributed by atoms with E-state index in [-0.39, 0.29) is 52.9 Å². The van der Waals surface area contributed by atoms with Crippen molar-refractivity contribution in [2.75, 3.05) is 12.0 Å². The first kappa shape index (κ1) is 33.5. The van der Waals surface area contributed by atoms with Crippen LogP contribution in [-0.4, -0.2) is 40.5 Å². The van der Waals surface area contributed by atoms with Gasteiger partial charge in [0.15, 0.2) is 23.1 Å². The monoisotopic (exact) mass is 758 g/mol. The van der Waals surface area contributed by atoms with Crippen LogP contribution < -0.4 is 9.64 Å². The third-order valence-electron chi connectivity index (χ3n) is 11.3. The smallest absolute Gasteiger partial charge is 0.269 e. The minimum atomic E-state index is -1.45. The minimum absolute atomic E-state index is 0.122. The van der Waals surface area contributed by atoms with Gasteiger partial charge in [0.1, 0.15) is 0 Å². The van der Waals surface area contributed by atoms with E-state index in [0.29, 0.717) is 21.2 Å². The van der Waals surface area contributed by atoms with E-state index in [2.05, 4.69) is 15.9 Å². The predicted molar refractivity (Wildman–Crippen MR) is 195 cm³/mol. The fraction of sp³-hybridized carbons (Fsp3) is 0.220. The van der Waals surface area contributed by atoms with Gasteiger partial charge >= 0.3 is 0 Å². The molecule has 1 N–H and O–H groups in total. The fourth-order valence-corrected chi connectivity index (χ4v) is 9.60. The van der Waals surface area contributed by atoms with E-state index in [4.69, 9.17) is 4.74 Å². The third-order valence-corrected chi connectivity index (χ3v) is 11.9. The molecule has 6 atom stereocenters. The predicted octanol–water partition coefficient (Wildman–Crippen LogP) is 7.10. The number of phenolic OH excluding ortho intramolecular Hbond substituents is 1. The van der Waals surface area contributed by atoms with Crippen molar-refractivity contribution in [1.29, 1.82) is 0 Å². The Morgan fingerprint density at radius 2 is 1.58 bits per heavy atom. The van der Waals surface area contributed by atoms with Gasteiger partial charge in [-0.3, -0.25) is 34.2 Å². The second kappa shape index (κ2) is 12.5.